The van der Waals surface area contributed by atoms with Gasteiger partial charge in [-0.3, -0.25) is 5.10 Å². The summed E-state index contributed by atoms with van der Waals surface area (Å²) in [4.78, 5) is 13.5. The average molecular weight is 272 g/mol. The molecule has 0 saturated carbocycles. The smallest absolute Gasteiger partial charge is 0.199 e. The number of hydrogen-bond acceptors (Lipinski definition) is 5. The van der Waals surface area contributed by atoms with Crippen LogP contribution in [0.25, 0.3) is 11.6 Å². The number of fused-ring (bicyclic) bond motifs is 1. The summed E-state index contributed by atoms with van der Waals surface area (Å²) in [5.74, 6) is 2.25. The van der Waals surface area contributed by atoms with Crippen LogP contribution in [0.15, 0.2) is 6.33 Å². The fourth-order valence-electron chi connectivity index (χ4n) is 2.58. The summed E-state index contributed by atoms with van der Waals surface area (Å²) >= 11 is 0. The standard InChI is InChI=1S/C14H20N6/c1-2-8-15-12-10-6-4-3-5-7-11(10)18-14(19-12)13-16-9-17-20-13/h9H,2-8H2,1H3,(H,15,18,19)(H,16,17,20). The zero-order chi connectivity index (χ0) is 13.8. The quantitative estimate of drug-likeness (QED) is 0.835. The van der Waals surface area contributed by atoms with Gasteiger partial charge in [-0.2, -0.15) is 5.10 Å². The van der Waals surface area contributed by atoms with Gasteiger partial charge in [0.1, 0.15) is 12.1 Å². The van der Waals surface area contributed by atoms with Gasteiger partial charge < -0.3 is 5.32 Å². The third-order valence-electron chi connectivity index (χ3n) is 3.60. The van der Waals surface area contributed by atoms with E-state index < -0.39 is 0 Å². The Morgan fingerprint density at radius 2 is 2.10 bits per heavy atom. The molecule has 0 unspecified atom stereocenters. The molecule has 106 valence electrons. The van der Waals surface area contributed by atoms with Crippen LogP contribution < -0.4 is 5.32 Å². The lowest BCUT2D eigenvalue weighted by atomic mass is 10.1. The second kappa shape index (κ2) is 5.98. The van der Waals surface area contributed by atoms with E-state index in [4.69, 9.17) is 4.98 Å². The number of rotatable bonds is 4. The second-order valence-electron chi connectivity index (χ2n) is 5.14. The third-order valence-corrected chi connectivity index (χ3v) is 3.60. The lowest BCUT2D eigenvalue weighted by molar-refractivity contribution is 0.709. The lowest BCUT2D eigenvalue weighted by Gasteiger charge is -2.13. The van der Waals surface area contributed by atoms with Gasteiger partial charge in [0.25, 0.3) is 0 Å². The predicted molar refractivity (Wildman–Crippen MR) is 77.4 cm³/mol. The van der Waals surface area contributed by atoms with Gasteiger partial charge >= 0.3 is 0 Å². The molecule has 1 aliphatic rings. The van der Waals surface area contributed by atoms with Crippen LogP contribution in [0.2, 0.25) is 0 Å². The molecule has 2 aromatic rings. The van der Waals surface area contributed by atoms with Gasteiger partial charge in [0.15, 0.2) is 11.6 Å². The highest BCUT2D eigenvalue weighted by molar-refractivity contribution is 5.54. The number of aryl methyl sites for hydroxylation is 1. The molecule has 6 heteroatoms. The number of anilines is 1. The highest BCUT2D eigenvalue weighted by Gasteiger charge is 2.18. The molecule has 0 aliphatic heterocycles. The Labute approximate surface area is 118 Å². The maximum absolute atomic E-state index is 4.70. The maximum Gasteiger partial charge on any atom is 0.199 e. The van der Waals surface area contributed by atoms with E-state index in [1.54, 1.807) is 0 Å². The van der Waals surface area contributed by atoms with Crippen molar-refractivity contribution in [3.05, 3.63) is 17.6 Å². The summed E-state index contributed by atoms with van der Waals surface area (Å²) in [5, 5.41) is 10.2. The highest BCUT2D eigenvalue weighted by Crippen LogP contribution is 2.26. The number of aromatic amines is 1. The third kappa shape index (κ3) is 2.64. The molecule has 0 radical (unpaired) electrons. The van der Waals surface area contributed by atoms with Crippen molar-refractivity contribution < 1.29 is 0 Å². The van der Waals surface area contributed by atoms with Crippen LogP contribution in [-0.4, -0.2) is 31.7 Å². The van der Waals surface area contributed by atoms with E-state index in [-0.39, 0.29) is 0 Å². The normalized spacial score (nSPS) is 14.7. The van der Waals surface area contributed by atoms with E-state index in [2.05, 4.69) is 32.4 Å². The molecule has 0 aromatic carbocycles. The minimum Gasteiger partial charge on any atom is -0.370 e. The maximum atomic E-state index is 4.70. The van der Waals surface area contributed by atoms with Gasteiger partial charge in [-0.05, 0) is 32.1 Å². The molecule has 2 N–H and O–H groups in total. The van der Waals surface area contributed by atoms with Crippen LogP contribution >= 0.6 is 0 Å². The van der Waals surface area contributed by atoms with E-state index in [9.17, 15) is 0 Å². The Kier molecular flexibility index (Phi) is 3.90. The molecule has 0 saturated heterocycles. The predicted octanol–water partition coefficient (Wildman–Crippen LogP) is 2.35. The second-order valence-corrected chi connectivity index (χ2v) is 5.14. The van der Waals surface area contributed by atoms with Crippen molar-refractivity contribution in [2.45, 2.75) is 45.4 Å². The first-order valence-electron chi connectivity index (χ1n) is 7.38. The fourth-order valence-corrected chi connectivity index (χ4v) is 2.58. The zero-order valence-corrected chi connectivity index (χ0v) is 11.8. The van der Waals surface area contributed by atoms with Crippen molar-refractivity contribution in [3.63, 3.8) is 0 Å². The Balaban J connectivity index is 2.03. The molecule has 1 aliphatic carbocycles. The molecule has 3 rings (SSSR count). The fraction of sp³-hybridized carbons (Fsp3) is 0.571. The number of nitrogens with zero attached hydrogens (tertiary/aromatic N) is 4. The van der Waals surface area contributed by atoms with Gasteiger partial charge in [0.2, 0.25) is 0 Å². The topological polar surface area (TPSA) is 79.4 Å². The molecule has 0 amide bonds. The molecule has 2 heterocycles. The van der Waals surface area contributed by atoms with E-state index >= 15 is 0 Å². The average Bonchev–Trinajstić information content (AvgIpc) is 2.90. The molecule has 20 heavy (non-hydrogen) atoms. The first-order chi connectivity index (χ1) is 9.88. The number of nitrogens with one attached hydrogen (secondary N) is 2. The summed E-state index contributed by atoms with van der Waals surface area (Å²) in [5.41, 5.74) is 2.46. The van der Waals surface area contributed by atoms with Gasteiger partial charge in [0, 0.05) is 17.8 Å². The Morgan fingerprint density at radius 1 is 1.20 bits per heavy atom. The zero-order valence-electron chi connectivity index (χ0n) is 11.8. The molecule has 0 spiro atoms. The van der Waals surface area contributed by atoms with E-state index in [0.717, 1.165) is 31.6 Å². The van der Waals surface area contributed by atoms with Crippen LogP contribution in [0.1, 0.15) is 43.9 Å². The Bertz CT molecular complexity index is 563. The molecule has 0 bridgehead atoms. The minimum absolute atomic E-state index is 0.636. The molecular weight excluding hydrogens is 252 g/mol. The Morgan fingerprint density at radius 3 is 2.90 bits per heavy atom. The summed E-state index contributed by atoms with van der Waals surface area (Å²) in [6, 6.07) is 0. The van der Waals surface area contributed by atoms with Gasteiger partial charge in [-0.25, -0.2) is 15.0 Å². The van der Waals surface area contributed by atoms with Crippen molar-refractivity contribution in [3.8, 4) is 11.6 Å². The first kappa shape index (κ1) is 13.0. The minimum atomic E-state index is 0.636. The monoisotopic (exact) mass is 272 g/mol. The first-order valence-corrected chi connectivity index (χ1v) is 7.38. The van der Waals surface area contributed by atoms with Crippen molar-refractivity contribution >= 4 is 5.82 Å². The van der Waals surface area contributed by atoms with Crippen molar-refractivity contribution in [1.29, 1.82) is 0 Å². The van der Waals surface area contributed by atoms with Crippen LogP contribution in [0.5, 0.6) is 0 Å². The molecular formula is C14H20N6. The van der Waals surface area contributed by atoms with Crippen LogP contribution in [0.4, 0.5) is 5.82 Å². The van der Waals surface area contributed by atoms with E-state index in [1.165, 1.54) is 36.8 Å². The van der Waals surface area contributed by atoms with Gasteiger partial charge in [0.05, 0.1) is 0 Å². The summed E-state index contributed by atoms with van der Waals surface area (Å²) in [6.45, 7) is 3.09. The van der Waals surface area contributed by atoms with Crippen molar-refractivity contribution in [1.82, 2.24) is 25.1 Å². The SMILES string of the molecule is CCCNc1nc(-c2ncn[nH]2)nc2c1CCCCC2. The van der Waals surface area contributed by atoms with Crippen molar-refractivity contribution in [2.24, 2.45) is 0 Å². The molecule has 0 atom stereocenters. The number of aromatic nitrogens is 5. The largest absolute Gasteiger partial charge is 0.370 e. The summed E-state index contributed by atoms with van der Waals surface area (Å²) in [7, 11) is 0. The van der Waals surface area contributed by atoms with Gasteiger partial charge in [-0.15, -0.1) is 0 Å². The Hall–Kier alpha value is -1.98. The van der Waals surface area contributed by atoms with Crippen LogP contribution in [0, 0.1) is 0 Å². The number of H-pyrrole nitrogens is 1. The van der Waals surface area contributed by atoms with Crippen LogP contribution in [-0.2, 0) is 12.8 Å². The number of hydrogen-bond donors (Lipinski definition) is 2. The van der Waals surface area contributed by atoms with Gasteiger partial charge in [-0.1, -0.05) is 13.3 Å². The van der Waals surface area contributed by atoms with E-state index in [1.807, 2.05) is 0 Å². The highest BCUT2D eigenvalue weighted by atomic mass is 15.2. The van der Waals surface area contributed by atoms with Crippen molar-refractivity contribution in [2.75, 3.05) is 11.9 Å². The summed E-state index contributed by atoms with van der Waals surface area (Å²) < 4.78 is 0. The lowest BCUT2D eigenvalue weighted by Crippen LogP contribution is -2.10. The van der Waals surface area contributed by atoms with E-state index in [0.29, 0.717) is 11.6 Å². The molecule has 0 fully saturated rings. The molecule has 2 aromatic heterocycles. The van der Waals surface area contributed by atoms with Crippen LogP contribution in [0.3, 0.4) is 0 Å². The summed E-state index contributed by atoms with van der Waals surface area (Å²) in [6.07, 6.45) is 8.35. The molecule has 6 nitrogen and oxygen atoms in total.